The number of benzene rings is 1. The molecule has 3 rings (SSSR count). The van der Waals surface area contributed by atoms with Crippen molar-refractivity contribution in [2.24, 2.45) is 5.73 Å². The van der Waals surface area contributed by atoms with Crippen molar-refractivity contribution in [2.45, 2.75) is 31.3 Å². The third-order valence-corrected chi connectivity index (χ3v) is 4.21. The van der Waals surface area contributed by atoms with Gasteiger partial charge in [-0.25, -0.2) is 4.68 Å². The molecular weight excluding hydrogens is 312 g/mol. The molecule has 1 aliphatic rings. The van der Waals surface area contributed by atoms with E-state index in [4.69, 9.17) is 10.5 Å². The Kier molecular flexibility index (Phi) is 5.80. The summed E-state index contributed by atoms with van der Waals surface area (Å²) in [5, 5.41) is 8.53. The van der Waals surface area contributed by atoms with Gasteiger partial charge in [0.1, 0.15) is 11.4 Å². The van der Waals surface area contributed by atoms with Crippen molar-refractivity contribution < 1.29 is 4.74 Å². The Morgan fingerprint density at radius 3 is 3.04 bits per heavy atom. The molecule has 0 saturated carbocycles. The lowest BCUT2D eigenvalue weighted by molar-refractivity contribution is 0.308. The molecule has 0 saturated heterocycles. The number of allylic oxidation sites excluding steroid dienone is 5. The lowest BCUT2D eigenvalue weighted by Crippen LogP contribution is -2.14. The van der Waals surface area contributed by atoms with Gasteiger partial charge in [-0.2, -0.15) is 0 Å². The number of para-hydroxylation sites is 1. The molecule has 0 bridgehead atoms. The van der Waals surface area contributed by atoms with Crippen LogP contribution in [-0.4, -0.2) is 21.6 Å². The Bertz CT molecular complexity index is 763. The van der Waals surface area contributed by atoms with Gasteiger partial charge in [0.15, 0.2) is 0 Å². The zero-order valence-electron chi connectivity index (χ0n) is 14.3. The maximum absolute atomic E-state index is 6.45. The van der Waals surface area contributed by atoms with Gasteiger partial charge >= 0.3 is 0 Å². The average molecular weight is 336 g/mol. The summed E-state index contributed by atoms with van der Waals surface area (Å²) in [4.78, 5) is 0. The molecule has 0 aliphatic heterocycles. The van der Waals surface area contributed by atoms with E-state index in [1.54, 1.807) is 0 Å². The molecule has 0 amide bonds. The van der Waals surface area contributed by atoms with Crippen LogP contribution in [-0.2, 0) is 0 Å². The van der Waals surface area contributed by atoms with Crippen LogP contribution in [0.1, 0.15) is 42.6 Å². The number of unbranched alkanes of at least 4 members (excludes halogenated alkanes) is 1. The predicted molar refractivity (Wildman–Crippen MR) is 99.4 cm³/mol. The summed E-state index contributed by atoms with van der Waals surface area (Å²) in [6.45, 7) is 4.37. The summed E-state index contributed by atoms with van der Waals surface area (Å²) in [6.07, 6.45) is 14.9. The number of hydrogen-bond acceptors (Lipinski definition) is 4. The van der Waals surface area contributed by atoms with E-state index in [1.165, 1.54) is 0 Å². The lowest BCUT2D eigenvalue weighted by Gasteiger charge is -2.15. The molecule has 25 heavy (non-hydrogen) atoms. The molecule has 0 radical (unpaired) electrons. The van der Waals surface area contributed by atoms with E-state index in [0.29, 0.717) is 6.61 Å². The van der Waals surface area contributed by atoms with E-state index in [9.17, 15) is 0 Å². The summed E-state index contributed by atoms with van der Waals surface area (Å²) in [5.41, 5.74) is 8.11. The SMILES string of the molecule is C=CCCCOc1ccccc1C(N)c1cn(C2C=CC=CC2)nn1. The van der Waals surface area contributed by atoms with Crippen LogP contribution in [0.4, 0.5) is 0 Å². The normalized spacial score (nSPS) is 17.4. The van der Waals surface area contributed by atoms with E-state index in [-0.39, 0.29) is 12.1 Å². The summed E-state index contributed by atoms with van der Waals surface area (Å²) in [7, 11) is 0. The summed E-state index contributed by atoms with van der Waals surface area (Å²) >= 11 is 0. The Morgan fingerprint density at radius 2 is 2.24 bits per heavy atom. The molecule has 2 N–H and O–H groups in total. The van der Waals surface area contributed by atoms with E-state index in [0.717, 1.165) is 36.3 Å². The summed E-state index contributed by atoms with van der Waals surface area (Å²) in [5.74, 6) is 0.800. The van der Waals surface area contributed by atoms with Crippen LogP contribution in [0, 0.1) is 0 Å². The fourth-order valence-electron chi connectivity index (χ4n) is 2.80. The molecule has 1 heterocycles. The van der Waals surface area contributed by atoms with Gasteiger partial charge in [-0.05, 0) is 25.3 Å². The number of rotatable bonds is 8. The standard InChI is InChI=1S/C20H24N4O/c1-2-3-9-14-25-19-13-8-7-12-17(19)20(21)18-15-24(23-22-18)16-10-5-4-6-11-16/h2,4-8,10,12-13,15-16,20H,1,3,9,11,14,21H2. The molecular formula is C20H24N4O. The first kappa shape index (κ1) is 17.2. The highest BCUT2D eigenvalue weighted by molar-refractivity contribution is 5.39. The maximum Gasteiger partial charge on any atom is 0.124 e. The van der Waals surface area contributed by atoms with Crippen molar-refractivity contribution >= 4 is 0 Å². The minimum Gasteiger partial charge on any atom is -0.493 e. The zero-order valence-corrected chi connectivity index (χ0v) is 14.3. The maximum atomic E-state index is 6.45. The molecule has 5 heteroatoms. The number of ether oxygens (including phenoxy) is 1. The Labute approximate surface area is 148 Å². The second kappa shape index (κ2) is 8.44. The van der Waals surface area contributed by atoms with E-state index in [2.05, 4.69) is 29.0 Å². The highest BCUT2D eigenvalue weighted by atomic mass is 16.5. The van der Waals surface area contributed by atoms with Gasteiger partial charge in [-0.15, -0.1) is 11.7 Å². The first-order valence-electron chi connectivity index (χ1n) is 8.63. The van der Waals surface area contributed by atoms with Crippen LogP contribution in [0.3, 0.4) is 0 Å². The van der Waals surface area contributed by atoms with Crippen LogP contribution >= 0.6 is 0 Å². The molecule has 5 nitrogen and oxygen atoms in total. The van der Waals surface area contributed by atoms with Crippen molar-refractivity contribution in [1.82, 2.24) is 15.0 Å². The van der Waals surface area contributed by atoms with Gasteiger partial charge in [-0.3, -0.25) is 0 Å². The highest BCUT2D eigenvalue weighted by Crippen LogP contribution is 2.28. The minimum absolute atomic E-state index is 0.198. The van der Waals surface area contributed by atoms with Crippen molar-refractivity contribution in [2.75, 3.05) is 6.61 Å². The van der Waals surface area contributed by atoms with Gasteiger partial charge < -0.3 is 10.5 Å². The fourth-order valence-corrected chi connectivity index (χ4v) is 2.80. The van der Waals surface area contributed by atoms with Gasteiger partial charge in [0, 0.05) is 5.56 Å². The Balaban J connectivity index is 1.73. The Hall–Kier alpha value is -2.66. The largest absolute Gasteiger partial charge is 0.493 e. The van der Waals surface area contributed by atoms with Crippen LogP contribution in [0.2, 0.25) is 0 Å². The molecule has 130 valence electrons. The molecule has 1 aromatic heterocycles. The third-order valence-electron chi connectivity index (χ3n) is 4.21. The van der Waals surface area contributed by atoms with Crippen LogP contribution in [0.15, 0.2) is 67.4 Å². The monoisotopic (exact) mass is 336 g/mol. The van der Waals surface area contributed by atoms with Crippen molar-refractivity contribution in [3.63, 3.8) is 0 Å². The van der Waals surface area contributed by atoms with Crippen LogP contribution < -0.4 is 10.5 Å². The molecule has 1 aliphatic carbocycles. The summed E-state index contributed by atoms with van der Waals surface area (Å²) < 4.78 is 7.77. The predicted octanol–water partition coefficient (Wildman–Crippen LogP) is 3.73. The fraction of sp³-hybridized carbons (Fsp3) is 0.300. The van der Waals surface area contributed by atoms with Crippen LogP contribution in [0.25, 0.3) is 0 Å². The quantitative estimate of drug-likeness (QED) is 0.589. The van der Waals surface area contributed by atoms with E-state index < -0.39 is 0 Å². The second-order valence-electron chi connectivity index (χ2n) is 6.03. The zero-order chi connectivity index (χ0) is 17.5. The summed E-state index contributed by atoms with van der Waals surface area (Å²) in [6, 6.07) is 7.68. The Morgan fingerprint density at radius 1 is 1.36 bits per heavy atom. The van der Waals surface area contributed by atoms with E-state index >= 15 is 0 Å². The number of aromatic nitrogens is 3. The van der Waals surface area contributed by atoms with E-state index in [1.807, 2.05) is 53.4 Å². The molecule has 2 aromatic rings. The average Bonchev–Trinajstić information content (AvgIpc) is 3.16. The molecule has 0 fully saturated rings. The smallest absolute Gasteiger partial charge is 0.124 e. The van der Waals surface area contributed by atoms with Gasteiger partial charge in [0.25, 0.3) is 0 Å². The van der Waals surface area contributed by atoms with Gasteiger partial charge in [-0.1, -0.05) is 53.8 Å². The third kappa shape index (κ3) is 4.25. The lowest BCUT2D eigenvalue weighted by atomic mass is 10.0. The van der Waals surface area contributed by atoms with Crippen molar-refractivity contribution in [1.29, 1.82) is 0 Å². The molecule has 2 unspecified atom stereocenters. The van der Waals surface area contributed by atoms with Gasteiger partial charge in [0.2, 0.25) is 0 Å². The highest BCUT2D eigenvalue weighted by Gasteiger charge is 2.19. The molecule has 1 aromatic carbocycles. The van der Waals surface area contributed by atoms with Crippen molar-refractivity contribution in [3.05, 3.63) is 78.7 Å². The second-order valence-corrected chi connectivity index (χ2v) is 6.03. The topological polar surface area (TPSA) is 66.0 Å². The number of nitrogens with zero attached hydrogens (tertiary/aromatic N) is 3. The number of nitrogens with two attached hydrogens (primary N) is 1. The first-order chi connectivity index (χ1) is 12.3. The minimum atomic E-state index is -0.368. The van der Waals surface area contributed by atoms with Crippen molar-refractivity contribution in [3.8, 4) is 5.75 Å². The first-order valence-corrected chi connectivity index (χ1v) is 8.63. The number of hydrogen-bond donors (Lipinski definition) is 1. The molecule has 0 spiro atoms. The molecule has 2 atom stereocenters. The van der Waals surface area contributed by atoms with Gasteiger partial charge in [0.05, 0.1) is 24.9 Å². The van der Waals surface area contributed by atoms with Crippen LogP contribution in [0.5, 0.6) is 5.75 Å².